The van der Waals surface area contributed by atoms with Crippen molar-refractivity contribution in [2.45, 2.75) is 32.5 Å². The van der Waals surface area contributed by atoms with Gasteiger partial charge >= 0.3 is 18.2 Å². The van der Waals surface area contributed by atoms with Crippen LogP contribution >= 0.6 is 0 Å². The minimum atomic E-state index is -3.64. The van der Waals surface area contributed by atoms with Crippen LogP contribution in [-0.2, 0) is 4.74 Å². The van der Waals surface area contributed by atoms with Crippen LogP contribution in [0.15, 0.2) is 18.2 Å². The molecule has 0 spiro atoms. The number of amides is 1. The molecule has 1 N–H and O–H groups in total. The van der Waals surface area contributed by atoms with Crippen LogP contribution in [0.4, 0.5) is 19.3 Å². The topological polar surface area (TPSA) is 76.1 Å². The first kappa shape index (κ1) is 16.0. The minimum absolute atomic E-state index is 0.0326. The number of carbonyl (C=O) groups excluding carboxylic acids is 1. The number of carboxylic acids is 1. The average molecular weight is 315 g/mol. The van der Waals surface area contributed by atoms with Crippen LogP contribution in [0, 0.1) is 0 Å². The number of alkyl halides is 2. The van der Waals surface area contributed by atoms with Crippen molar-refractivity contribution in [3.05, 3.63) is 23.8 Å². The third-order valence-electron chi connectivity index (χ3n) is 2.71. The van der Waals surface area contributed by atoms with Crippen molar-refractivity contribution in [1.82, 2.24) is 0 Å². The van der Waals surface area contributed by atoms with Crippen molar-refractivity contribution in [2.24, 2.45) is 0 Å². The van der Waals surface area contributed by atoms with Gasteiger partial charge < -0.3 is 14.6 Å². The van der Waals surface area contributed by atoms with Gasteiger partial charge in [0.25, 0.3) is 0 Å². The monoisotopic (exact) mass is 315 g/mol. The van der Waals surface area contributed by atoms with Crippen molar-refractivity contribution in [3.8, 4) is 5.75 Å². The molecule has 1 aromatic carbocycles. The van der Waals surface area contributed by atoms with Gasteiger partial charge in [-0.25, -0.2) is 9.59 Å². The second-order valence-corrected chi connectivity index (χ2v) is 5.79. The number of carboxylic acid groups (broad SMARTS) is 1. The lowest BCUT2D eigenvalue weighted by molar-refractivity contribution is -0.171. The van der Waals surface area contributed by atoms with Gasteiger partial charge in [-0.2, -0.15) is 8.78 Å². The fourth-order valence-corrected chi connectivity index (χ4v) is 1.89. The molecule has 1 amide bonds. The van der Waals surface area contributed by atoms with Crippen molar-refractivity contribution in [3.63, 3.8) is 0 Å². The van der Waals surface area contributed by atoms with Gasteiger partial charge in [0.05, 0.1) is 11.3 Å². The number of rotatable bonds is 1. The number of halogens is 2. The molecule has 2 rings (SSSR count). The van der Waals surface area contributed by atoms with E-state index in [9.17, 15) is 18.4 Å². The normalized spacial score (nSPS) is 16.5. The molecule has 6 nitrogen and oxygen atoms in total. The molecule has 22 heavy (non-hydrogen) atoms. The molecular formula is C14H15F2NO5. The van der Waals surface area contributed by atoms with E-state index in [1.165, 1.54) is 12.1 Å². The third-order valence-corrected chi connectivity index (χ3v) is 2.71. The highest BCUT2D eigenvalue weighted by Gasteiger charge is 2.44. The van der Waals surface area contributed by atoms with Crippen molar-refractivity contribution in [1.29, 1.82) is 0 Å². The summed E-state index contributed by atoms with van der Waals surface area (Å²) in [6.45, 7) is 3.81. The summed E-state index contributed by atoms with van der Waals surface area (Å²) in [5.41, 5.74) is -1.04. The summed E-state index contributed by atoms with van der Waals surface area (Å²) in [5, 5.41) is 8.90. The quantitative estimate of drug-likeness (QED) is 0.861. The minimum Gasteiger partial charge on any atom is -0.478 e. The molecule has 120 valence electrons. The van der Waals surface area contributed by atoms with Crippen LogP contribution in [0.5, 0.6) is 5.75 Å². The highest BCUT2D eigenvalue weighted by Crippen LogP contribution is 2.39. The lowest BCUT2D eigenvalue weighted by Crippen LogP contribution is -2.49. The fraction of sp³-hybridized carbons (Fsp3) is 0.429. The van der Waals surface area contributed by atoms with Gasteiger partial charge in [0.15, 0.2) is 5.75 Å². The first-order valence-electron chi connectivity index (χ1n) is 6.43. The molecule has 1 aromatic rings. The Labute approximate surface area is 125 Å². The molecule has 0 unspecified atom stereocenters. The number of fused-ring (bicyclic) bond motifs is 1. The van der Waals surface area contributed by atoms with E-state index >= 15 is 0 Å². The Hall–Kier alpha value is -2.38. The Kier molecular flexibility index (Phi) is 3.72. The lowest BCUT2D eigenvalue weighted by Gasteiger charge is -2.35. The van der Waals surface area contributed by atoms with E-state index in [0.717, 1.165) is 11.0 Å². The van der Waals surface area contributed by atoms with Crippen molar-refractivity contribution >= 4 is 17.7 Å². The average Bonchev–Trinajstić information content (AvgIpc) is 2.33. The molecule has 1 heterocycles. The SMILES string of the molecule is CC(C)(C)OC(=O)N1CC(F)(F)Oc2cc(C(=O)O)ccc21. The Balaban J connectivity index is 2.42. The van der Waals surface area contributed by atoms with E-state index < -0.39 is 30.3 Å². The second kappa shape index (κ2) is 5.11. The summed E-state index contributed by atoms with van der Waals surface area (Å²) < 4.78 is 36.8. The Bertz CT molecular complexity index is 624. The van der Waals surface area contributed by atoms with Gasteiger partial charge in [0.1, 0.15) is 12.1 Å². The lowest BCUT2D eigenvalue weighted by atomic mass is 10.1. The summed E-state index contributed by atoms with van der Waals surface area (Å²) in [4.78, 5) is 23.7. The molecular weight excluding hydrogens is 300 g/mol. The number of aromatic carboxylic acids is 1. The van der Waals surface area contributed by atoms with Crippen LogP contribution in [-0.4, -0.2) is 35.4 Å². The maximum atomic E-state index is 13.6. The van der Waals surface area contributed by atoms with E-state index in [1.807, 2.05) is 0 Å². The Morgan fingerprint density at radius 3 is 2.55 bits per heavy atom. The van der Waals surface area contributed by atoms with Crippen molar-refractivity contribution < 1.29 is 33.0 Å². The summed E-state index contributed by atoms with van der Waals surface area (Å²) in [6.07, 6.45) is -4.60. The molecule has 1 aliphatic heterocycles. The summed E-state index contributed by atoms with van der Waals surface area (Å²) in [7, 11) is 0. The molecule has 0 saturated carbocycles. The fourth-order valence-electron chi connectivity index (χ4n) is 1.89. The standard InChI is InChI=1S/C14H15F2NO5/c1-13(2,3)22-12(20)17-7-14(15,16)21-10-6-8(11(18)19)4-5-9(10)17/h4-6H,7H2,1-3H3,(H,18,19). The van der Waals surface area contributed by atoms with Gasteiger partial charge in [-0.05, 0) is 39.0 Å². The van der Waals surface area contributed by atoms with Gasteiger partial charge in [-0.3, -0.25) is 4.90 Å². The number of ether oxygens (including phenoxy) is 2. The zero-order chi connectivity index (χ0) is 16.7. The van der Waals surface area contributed by atoms with Crippen LogP contribution in [0.25, 0.3) is 0 Å². The maximum absolute atomic E-state index is 13.6. The van der Waals surface area contributed by atoms with E-state index in [1.54, 1.807) is 20.8 Å². The molecule has 8 heteroatoms. The van der Waals surface area contributed by atoms with Crippen LogP contribution < -0.4 is 9.64 Å². The van der Waals surface area contributed by atoms with Gasteiger partial charge in [0.2, 0.25) is 0 Å². The molecule has 0 bridgehead atoms. The highest BCUT2D eigenvalue weighted by atomic mass is 19.3. The van der Waals surface area contributed by atoms with Crippen LogP contribution in [0.3, 0.4) is 0 Å². The van der Waals surface area contributed by atoms with Gasteiger partial charge in [-0.1, -0.05) is 0 Å². The number of nitrogens with zero attached hydrogens (tertiary/aromatic N) is 1. The van der Waals surface area contributed by atoms with Gasteiger partial charge in [-0.15, -0.1) is 0 Å². The molecule has 0 fully saturated rings. The number of benzene rings is 1. The first-order chi connectivity index (χ1) is 9.98. The highest BCUT2D eigenvalue weighted by molar-refractivity contribution is 5.94. The predicted octanol–water partition coefficient (Wildman–Crippen LogP) is 3.11. The predicted molar refractivity (Wildman–Crippen MR) is 72.6 cm³/mol. The van der Waals surface area contributed by atoms with E-state index in [-0.39, 0.29) is 17.0 Å². The zero-order valence-corrected chi connectivity index (χ0v) is 12.2. The molecule has 0 aliphatic carbocycles. The second-order valence-electron chi connectivity index (χ2n) is 5.79. The molecule has 0 aromatic heterocycles. The summed E-state index contributed by atoms with van der Waals surface area (Å²) in [6, 6.07) is 3.38. The Morgan fingerprint density at radius 2 is 2.00 bits per heavy atom. The first-order valence-corrected chi connectivity index (χ1v) is 6.43. The van der Waals surface area contributed by atoms with Crippen LogP contribution in [0.2, 0.25) is 0 Å². The van der Waals surface area contributed by atoms with Crippen molar-refractivity contribution in [2.75, 3.05) is 11.4 Å². The molecule has 1 aliphatic rings. The maximum Gasteiger partial charge on any atom is 0.416 e. The third kappa shape index (κ3) is 3.44. The molecule has 0 atom stereocenters. The number of anilines is 1. The zero-order valence-electron chi connectivity index (χ0n) is 12.2. The van der Waals surface area contributed by atoms with E-state index in [0.29, 0.717) is 0 Å². The smallest absolute Gasteiger partial charge is 0.416 e. The summed E-state index contributed by atoms with van der Waals surface area (Å²) in [5.74, 6) is -1.67. The van der Waals surface area contributed by atoms with E-state index in [4.69, 9.17) is 9.84 Å². The van der Waals surface area contributed by atoms with Gasteiger partial charge in [0, 0.05) is 0 Å². The number of carbonyl (C=O) groups is 2. The molecule has 0 saturated heterocycles. The molecule has 0 radical (unpaired) electrons. The van der Waals surface area contributed by atoms with Crippen LogP contribution in [0.1, 0.15) is 31.1 Å². The number of hydrogen-bond donors (Lipinski definition) is 1. The van der Waals surface area contributed by atoms with E-state index in [2.05, 4.69) is 4.74 Å². The number of hydrogen-bond acceptors (Lipinski definition) is 4. The Morgan fingerprint density at radius 1 is 1.36 bits per heavy atom. The largest absolute Gasteiger partial charge is 0.478 e. The summed E-state index contributed by atoms with van der Waals surface area (Å²) >= 11 is 0.